The molecule has 25 heavy (non-hydrogen) atoms. The average Bonchev–Trinajstić information content (AvgIpc) is 2.57. The van der Waals surface area contributed by atoms with Crippen LogP contribution in [0.1, 0.15) is 12.5 Å². The molecule has 0 aliphatic heterocycles. The van der Waals surface area contributed by atoms with Gasteiger partial charge in [-0.1, -0.05) is 25.1 Å². The number of likely N-dealkylation sites (N-methyl/N-ethyl adjacent to an activating group) is 1. The van der Waals surface area contributed by atoms with Gasteiger partial charge in [-0.3, -0.25) is 4.79 Å². The predicted octanol–water partition coefficient (Wildman–Crippen LogP) is 2.25. The molecule has 0 aliphatic rings. The van der Waals surface area contributed by atoms with E-state index in [0.717, 1.165) is 16.3 Å². The van der Waals surface area contributed by atoms with Gasteiger partial charge in [0, 0.05) is 23.4 Å². The lowest BCUT2D eigenvalue weighted by molar-refractivity contribution is -0.116. The quantitative estimate of drug-likeness (QED) is 0.736. The molecule has 0 radical (unpaired) electrons. The van der Waals surface area contributed by atoms with E-state index in [1.54, 1.807) is 6.07 Å². The highest BCUT2D eigenvalue weighted by Crippen LogP contribution is 2.23. The maximum Gasteiger partial charge on any atom is 0.246 e. The van der Waals surface area contributed by atoms with E-state index in [1.807, 2.05) is 25.1 Å². The van der Waals surface area contributed by atoms with Crippen LogP contribution in [0.2, 0.25) is 0 Å². The largest absolute Gasteiger partial charge is 0.383 e. The number of rotatable bonds is 6. The van der Waals surface area contributed by atoms with Crippen LogP contribution in [-0.4, -0.2) is 37.2 Å². The summed E-state index contributed by atoms with van der Waals surface area (Å²) in [6.07, 6.45) is 2.16. The summed E-state index contributed by atoms with van der Waals surface area (Å²) in [4.78, 5) is 15.9. The van der Waals surface area contributed by atoms with Gasteiger partial charge in [0.05, 0.1) is 6.54 Å². The van der Waals surface area contributed by atoms with E-state index < -0.39 is 15.9 Å². The van der Waals surface area contributed by atoms with Crippen molar-refractivity contribution in [1.82, 2.24) is 9.29 Å². The number of carbonyl (C=O) groups excluding carboxylic acids is 1. The first-order valence-electron chi connectivity index (χ1n) is 7.50. The molecule has 0 spiro atoms. The van der Waals surface area contributed by atoms with Gasteiger partial charge in [-0.25, -0.2) is 13.4 Å². The van der Waals surface area contributed by atoms with E-state index in [4.69, 9.17) is 5.73 Å². The van der Waals surface area contributed by atoms with Crippen LogP contribution in [0.25, 0.3) is 0 Å². The molecule has 0 atom stereocenters. The third-order valence-corrected chi connectivity index (χ3v) is 5.84. The number of sulfonamides is 1. The van der Waals surface area contributed by atoms with E-state index in [-0.39, 0.29) is 17.3 Å². The molecular formula is C16H19BrN4O3S. The number of nitrogens with two attached hydrogens (primary N) is 1. The predicted molar refractivity (Wildman–Crippen MR) is 101 cm³/mol. The van der Waals surface area contributed by atoms with E-state index in [2.05, 4.69) is 26.2 Å². The molecular weight excluding hydrogens is 408 g/mol. The lowest BCUT2D eigenvalue weighted by Crippen LogP contribution is -2.35. The first-order valence-corrected chi connectivity index (χ1v) is 9.74. The number of aromatic nitrogens is 1. The monoisotopic (exact) mass is 426 g/mol. The van der Waals surface area contributed by atoms with Gasteiger partial charge in [-0.15, -0.1) is 0 Å². The fourth-order valence-electron chi connectivity index (χ4n) is 2.23. The standard InChI is InChI=1S/C16H19BrN4O3S/c1-3-11-6-4-5-7-13(11)20-15(22)10-21(2)25(23,24)14-8-12(17)9-19-16(14)18/h4-9H,3,10H2,1-2H3,(H2,18,19)(H,20,22). The number of hydrogen-bond acceptors (Lipinski definition) is 5. The minimum atomic E-state index is -3.94. The Labute approximate surface area is 155 Å². The molecule has 0 saturated heterocycles. The Morgan fingerprint density at radius 1 is 1.36 bits per heavy atom. The number of nitrogen functional groups attached to an aromatic ring is 1. The number of hydrogen-bond donors (Lipinski definition) is 2. The third-order valence-electron chi connectivity index (χ3n) is 3.58. The summed E-state index contributed by atoms with van der Waals surface area (Å²) in [6.45, 7) is 1.64. The van der Waals surface area contributed by atoms with Gasteiger partial charge < -0.3 is 11.1 Å². The molecule has 0 unspecified atom stereocenters. The van der Waals surface area contributed by atoms with E-state index >= 15 is 0 Å². The highest BCUT2D eigenvalue weighted by Gasteiger charge is 2.26. The summed E-state index contributed by atoms with van der Waals surface area (Å²) in [5.74, 6) is -0.555. The summed E-state index contributed by atoms with van der Waals surface area (Å²) in [6, 6.07) is 8.74. The Bertz CT molecular complexity index is 887. The zero-order valence-electron chi connectivity index (χ0n) is 13.9. The molecule has 1 heterocycles. The molecule has 3 N–H and O–H groups in total. The number of anilines is 2. The number of halogens is 1. The van der Waals surface area contributed by atoms with Crippen LogP contribution in [-0.2, 0) is 21.2 Å². The van der Waals surface area contributed by atoms with Crippen LogP contribution >= 0.6 is 15.9 Å². The SMILES string of the molecule is CCc1ccccc1NC(=O)CN(C)S(=O)(=O)c1cc(Br)cnc1N. The van der Waals surface area contributed by atoms with Crippen LogP contribution in [0.3, 0.4) is 0 Å². The topological polar surface area (TPSA) is 105 Å². The van der Waals surface area contributed by atoms with E-state index in [1.165, 1.54) is 19.3 Å². The maximum absolute atomic E-state index is 12.6. The summed E-state index contributed by atoms with van der Waals surface area (Å²) in [5, 5.41) is 2.74. The maximum atomic E-state index is 12.6. The van der Waals surface area contributed by atoms with Crippen molar-refractivity contribution in [2.45, 2.75) is 18.2 Å². The second-order valence-corrected chi connectivity index (χ2v) is 8.29. The zero-order chi connectivity index (χ0) is 18.6. The number of benzene rings is 1. The van der Waals surface area contributed by atoms with Gasteiger partial charge in [0.2, 0.25) is 15.9 Å². The fourth-order valence-corrected chi connectivity index (χ4v) is 3.93. The fraction of sp³-hybridized carbons (Fsp3) is 0.250. The second kappa shape index (κ2) is 7.94. The Morgan fingerprint density at radius 2 is 2.04 bits per heavy atom. The molecule has 2 aromatic rings. The van der Waals surface area contributed by atoms with Crippen LogP contribution in [0.4, 0.5) is 11.5 Å². The summed E-state index contributed by atoms with van der Waals surface area (Å²) in [7, 11) is -2.62. The number of nitrogens with one attached hydrogen (secondary N) is 1. The molecule has 0 aliphatic carbocycles. The van der Waals surface area contributed by atoms with Gasteiger partial charge in [-0.2, -0.15) is 4.31 Å². The van der Waals surface area contributed by atoms with Gasteiger partial charge >= 0.3 is 0 Å². The Hall–Kier alpha value is -1.97. The average molecular weight is 427 g/mol. The van der Waals surface area contributed by atoms with Crippen molar-refractivity contribution in [3.63, 3.8) is 0 Å². The molecule has 0 bridgehead atoms. The molecule has 2 rings (SSSR count). The molecule has 1 amide bonds. The number of carbonyl (C=O) groups is 1. The Kier molecular flexibility index (Phi) is 6.15. The first kappa shape index (κ1) is 19.4. The Balaban J connectivity index is 2.16. The summed E-state index contributed by atoms with van der Waals surface area (Å²) < 4.78 is 26.7. The highest BCUT2D eigenvalue weighted by atomic mass is 79.9. The number of aryl methyl sites for hydroxylation is 1. The highest BCUT2D eigenvalue weighted by molar-refractivity contribution is 9.10. The molecule has 0 fully saturated rings. The third kappa shape index (κ3) is 4.56. The van der Waals surface area contributed by atoms with Crippen molar-refractivity contribution >= 4 is 43.4 Å². The van der Waals surface area contributed by atoms with Gasteiger partial charge in [-0.05, 0) is 40.0 Å². The lowest BCUT2D eigenvalue weighted by atomic mass is 10.1. The van der Waals surface area contributed by atoms with Crippen molar-refractivity contribution in [2.75, 3.05) is 24.6 Å². The lowest BCUT2D eigenvalue weighted by Gasteiger charge is -2.18. The molecule has 7 nitrogen and oxygen atoms in total. The summed E-state index contributed by atoms with van der Waals surface area (Å²) in [5.41, 5.74) is 7.31. The van der Waals surface area contributed by atoms with Crippen molar-refractivity contribution in [1.29, 1.82) is 0 Å². The van der Waals surface area contributed by atoms with Crippen LogP contribution < -0.4 is 11.1 Å². The van der Waals surface area contributed by atoms with Crippen LogP contribution in [0.5, 0.6) is 0 Å². The van der Waals surface area contributed by atoms with Crippen molar-refractivity contribution in [3.05, 3.63) is 46.6 Å². The molecule has 9 heteroatoms. The van der Waals surface area contributed by atoms with Gasteiger partial charge in [0.25, 0.3) is 0 Å². The van der Waals surface area contributed by atoms with Crippen LogP contribution in [0.15, 0.2) is 45.9 Å². The zero-order valence-corrected chi connectivity index (χ0v) is 16.3. The summed E-state index contributed by atoms with van der Waals surface area (Å²) >= 11 is 3.17. The van der Waals surface area contributed by atoms with Crippen molar-refractivity contribution in [3.8, 4) is 0 Å². The number of para-hydroxylation sites is 1. The molecule has 1 aromatic carbocycles. The van der Waals surface area contributed by atoms with Crippen LogP contribution in [0, 0.1) is 0 Å². The smallest absolute Gasteiger partial charge is 0.246 e. The van der Waals surface area contributed by atoms with E-state index in [9.17, 15) is 13.2 Å². The van der Waals surface area contributed by atoms with E-state index in [0.29, 0.717) is 10.2 Å². The minimum absolute atomic E-state index is 0.119. The Morgan fingerprint density at radius 3 is 2.72 bits per heavy atom. The molecule has 1 aromatic heterocycles. The number of pyridine rings is 1. The number of amides is 1. The second-order valence-electron chi connectivity index (χ2n) is 5.36. The first-order chi connectivity index (χ1) is 11.8. The van der Waals surface area contributed by atoms with Gasteiger partial charge in [0.15, 0.2) is 0 Å². The number of nitrogens with zero attached hydrogens (tertiary/aromatic N) is 2. The molecule has 0 saturated carbocycles. The normalized spacial score (nSPS) is 11.5. The minimum Gasteiger partial charge on any atom is -0.383 e. The molecule has 134 valence electrons. The van der Waals surface area contributed by atoms with Crippen molar-refractivity contribution in [2.24, 2.45) is 0 Å². The van der Waals surface area contributed by atoms with Gasteiger partial charge in [0.1, 0.15) is 10.7 Å². The van der Waals surface area contributed by atoms with Crippen molar-refractivity contribution < 1.29 is 13.2 Å².